The van der Waals surface area contributed by atoms with E-state index >= 15 is 0 Å². The highest BCUT2D eigenvalue weighted by atomic mass is 32.1. The minimum Gasteiger partial charge on any atom is -0.272 e. The van der Waals surface area contributed by atoms with E-state index in [2.05, 4.69) is 15.2 Å². The Balaban J connectivity index is 2.47. The summed E-state index contributed by atoms with van der Waals surface area (Å²) in [5.41, 5.74) is 2.05. The molecule has 2 aromatic heterocycles. The summed E-state index contributed by atoms with van der Waals surface area (Å²) < 4.78 is 1.74. The van der Waals surface area contributed by atoms with Gasteiger partial charge in [-0.3, -0.25) is 10.1 Å². The highest BCUT2D eigenvalue weighted by molar-refractivity contribution is 7.71. The molecule has 0 spiro atoms. The van der Waals surface area contributed by atoms with Crippen molar-refractivity contribution in [1.29, 1.82) is 0 Å². The molecule has 6 heteroatoms. The van der Waals surface area contributed by atoms with E-state index in [0.29, 0.717) is 10.5 Å². The van der Waals surface area contributed by atoms with Crippen molar-refractivity contribution in [1.82, 2.24) is 19.7 Å². The van der Waals surface area contributed by atoms with Crippen LogP contribution in [-0.2, 0) is 0 Å². The van der Waals surface area contributed by atoms with Crippen LogP contribution in [0.25, 0.3) is 16.6 Å². The molecule has 0 unspecified atom stereocenters. The molecule has 0 bridgehead atoms. The van der Waals surface area contributed by atoms with E-state index in [9.17, 15) is 4.79 Å². The number of nitrogens with one attached hydrogen (secondary N) is 2. The lowest BCUT2D eigenvalue weighted by Gasteiger charge is -2.05. The number of aryl methyl sites for hydroxylation is 1. The van der Waals surface area contributed by atoms with Gasteiger partial charge >= 0.3 is 5.69 Å². The van der Waals surface area contributed by atoms with Gasteiger partial charge in [0.2, 0.25) is 4.77 Å². The number of aromatic nitrogens is 4. The van der Waals surface area contributed by atoms with E-state index in [1.54, 1.807) is 0 Å². The van der Waals surface area contributed by atoms with Crippen molar-refractivity contribution in [2.75, 3.05) is 0 Å². The zero-order valence-electron chi connectivity index (χ0n) is 9.60. The number of nitrogens with zero attached hydrogens (tertiary/aromatic N) is 2. The van der Waals surface area contributed by atoms with Gasteiger partial charge in [-0.25, -0.2) is 14.5 Å². The molecule has 0 aliphatic rings. The predicted molar refractivity (Wildman–Crippen MR) is 71.6 cm³/mol. The first kappa shape index (κ1) is 10.9. The molecule has 2 N–H and O–H groups in total. The number of pyridine rings is 1. The first-order chi connectivity index (χ1) is 8.66. The number of para-hydroxylation sites is 1. The lowest BCUT2D eigenvalue weighted by Crippen LogP contribution is -2.15. The number of benzene rings is 1. The summed E-state index contributed by atoms with van der Waals surface area (Å²) in [6, 6.07) is 9.57. The van der Waals surface area contributed by atoms with Gasteiger partial charge in [-0.05, 0) is 31.3 Å². The van der Waals surface area contributed by atoms with Gasteiger partial charge in [-0.2, -0.15) is 0 Å². The fourth-order valence-electron chi connectivity index (χ4n) is 1.94. The molecule has 0 aliphatic carbocycles. The summed E-state index contributed by atoms with van der Waals surface area (Å²) in [5, 5.41) is 6.07. The molecule has 0 radical (unpaired) electrons. The van der Waals surface area contributed by atoms with Crippen LogP contribution in [0.1, 0.15) is 5.69 Å². The number of hydrogen-bond donors (Lipinski definition) is 2. The van der Waals surface area contributed by atoms with Crippen molar-refractivity contribution in [2.45, 2.75) is 6.92 Å². The summed E-state index contributed by atoms with van der Waals surface area (Å²) in [6.45, 7) is 1.91. The van der Waals surface area contributed by atoms with Crippen LogP contribution in [0.4, 0.5) is 0 Å². The third-order valence-corrected chi connectivity index (χ3v) is 3.05. The minimum atomic E-state index is -0.296. The first-order valence-electron chi connectivity index (χ1n) is 5.43. The van der Waals surface area contributed by atoms with Gasteiger partial charge in [-0.15, -0.1) is 0 Å². The Morgan fingerprint density at radius 2 is 2.06 bits per heavy atom. The maximum atomic E-state index is 11.8. The van der Waals surface area contributed by atoms with Crippen LogP contribution >= 0.6 is 12.2 Å². The van der Waals surface area contributed by atoms with Crippen LogP contribution in [0.15, 0.2) is 35.1 Å². The van der Waals surface area contributed by atoms with Gasteiger partial charge in [0.15, 0.2) is 0 Å². The molecule has 0 saturated heterocycles. The minimum absolute atomic E-state index is 0.296. The van der Waals surface area contributed by atoms with E-state index in [4.69, 9.17) is 12.2 Å². The quantitative estimate of drug-likeness (QED) is 0.657. The summed E-state index contributed by atoms with van der Waals surface area (Å²) >= 11 is 5.10. The first-order valence-corrected chi connectivity index (χ1v) is 5.84. The Labute approximate surface area is 107 Å². The van der Waals surface area contributed by atoms with Gasteiger partial charge < -0.3 is 0 Å². The Kier molecular flexibility index (Phi) is 2.38. The lowest BCUT2D eigenvalue weighted by molar-refractivity contribution is 0.978. The number of hydrogen-bond acceptors (Lipinski definition) is 3. The molecule has 3 aromatic rings. The number of aromatic amines is 2. The van der Waals surface area contributed by atoms with E-state index in [-0.39, 0.29) is 5.69 Å². The van der Waals surface area contributed by atoms with E-state index in [1.807, 2.05) is 37.3 Å². The summed E-state index contributed by atoms with van der Waals surface area (Å²) in [5.74, 6) is 0. The summed E-state index contributed by atoms with van der Waals surface area (Å²) in [6.07, 6.45) is 0. The second-order valence-electron chi connectivity index (χ2n) is 4.00. The second kappa shape index (κ2) is 3.92. The SMILES string of the molecule is Cc1ccc2cccc(-n3c(=O)[nH][nH]c3=S)c2n1. The molecule has 0 saturated carbocycles. The number of H-pyrrole nitrogens is 2. The van der Waals surface area contributed by atoms with Gasteiger partial charge in [0, 0.05) is 11.1 Å². The van der Waals surface area contributed by atoms with Crippen LogP contribution in [-0.4, -0.2) is 19.7 Å². The van der Waals surface area contributed by atoms with Gasteiger partial charge in [0.25, 0.3) is 0 Å². The van der Waals surface area contributed by atoms with Crippen molar-refractivity contribution in [3.05, 3.63) is 51.3 Å². The molecular formula is C12H10N4OS. The number of fused-ring (bicyclic) bond motifs is 1. The third-order valence-electron chi connectivity index (χ3n) is 2.76. The maximum Gasteiger partial charge on any atom is 0.347 e. The second-order valence-corrected chi connectivity index (χ2v) is 4.38. The van der Waals surface area contributed by atoms with E-state index in [1.165, 1.54) is 4.57 Å². The molecule has 0 aliphatic heterocycles. The third kappa shape index (κ3) is 1.58. The Morgan fingerprint density at radius 3 is 2.78 bits per heavy atom. The summed E-state index contributed by atoms with van der Waals surface area (Å²) in [4.78, 5) is 16.2. The molecule has 0 fully saturated rings. The fourth-order valence-corrected chi connectivity index (χ4v) is 2.17. The van der Waals surface area contributed by atoms with E-state index < -0.39 is 0 Å². The van der Waals surface area contributed by atoms with Crippen LogP contribution in [0, 0.1) is 11.7 Å². The molecule has 0 atom stereocenters. The molecule has 90 valence electrons. The maximum absolute atomic E-state index is 11.8. The van der Waals surface area contributed by atoms with Crippen LogP contribution < -0.4 is 5.69 Å². The average Bonchev–Trinajstić information content (AvgIpc) is 2.68. The zero-order valence-corrected chi connectivity index (χ0v) is 10.4. The molecule has 18 heavy (non-hydrogen) atoms. The van der Waals surface area contributed by atoms with Gasteiger partial charge in [0.1, 0.15) is 0 Å². The average molecular weight is 258 g/mol. The lowest BCUT2D eigenvalue weighted by atomic mass is 10.2. The molecule has 3 rings (SSSR count). The van der Waals surface area contributed by atoms with Crippen LogP contribution in [0.5, 0.6) is 0 Å². The number of rotatable bonds is 1. The summed E-state index contributed by atoms with van der Waals surface area (Å²) in [7, 11) is 0. The molecule has 0 amide bonds. The highest BCUT2D eigenvalue weighted by Gasteiger charge is 2.08. The predicted octanol–water partition coefficient (Wildman–Crippen LogP) is 2.08. The fraction of sp³-hybridized carbons (Fsp3) is 0.0833. The van der Waals surface area contributed by atoms with Crippen molar-refractivity contribution in [2.24, 2.45) is 0 Å². The van der Waals surface area contributed by atoms with Gasteiger partial charge in [0.05, 0.1) is 11.2 Å². The van der Waals surface area contributed by atoms with Crippen molar-refractivity contribution >= 4 is 23.1 Å². The van der Waals surface area contributed by atoms with Gasteiger partial charge in [-0.1, -0.05) is 18.2 Å². The van der Waals surface area contributed by atoms with Crippen LogP contribution in [0.2, 0.25) is 0 Å². The highest BCUT2D eigenvalue weighted by Crippen LogP contribution is 2.19. The monoisotopic (exact) mass is 258 g/mol. The smallest absolute Gasteiger partial charge is 0.272 e. The molecular weight excluding hydrogens is 248 g/mol. The molecule has 2 heterocycles. The van der Waals surface area contributed by atoms with E-state index in [0.717, 1.165) is 16.6 Å². The Hall–Kier alpha value is -2.21. The van der Waals surface area contributed by atoms with Crippen molar-refractivity contribution < 1.29 is 0 Å². The Bertz CT molecular complexity index is 815. The molecule has 1 aromatic carbocycles. The van der Waals surface area contributed by atoms with Crippen LogP contribution in [0.3, 0.4) is 0 Å². The standard InChI is InChI=1S/C12H10N4OS/c1-7-5-6-8-3-2-4-9(10(8)13-7)16-11(17)14-15-12(16)18/h2-6H,1H3,(H,14,17)(H,15,18). The normalized spacial score (nSPS) is 10.9. The topological polar surface area (TPSA) is 66.5 Å². The zero-order chi connectivity index (χ0) is 12.7. The molecule has 5 nitrogen and oxygen atoms in total. The Morgan fingerprint density at radius 1 is 1.22 bits per heavy atom. The van der Waals surface area contributed by atoms with Crippen molar-refractivity contribution in [3.63, 3.8) is 0 Å². The van der Waals surface area contributed by atoms with Crippen molar-refractivity contribution in [3.8, 4) is 5.69 Å². The largest absolute Gasteiger partial charge is 0.347 e.